The summed E-state index contributed by atoms with van der Waals surface area (Å²) in [4.78, 5) is 20.5. The average molecular weight is 347 g/mol. The fourth-order valence-corrected chi connectivity index (χ4v) is 2.80. The molecule has 0 radical (unpaired) electrons. The first-order valence-electron chi connectivity index (χ1n) is 8.47. The highest BCUT2D eigenvalue weighted by Crippen LogP contribution is 2.23. The van der Waals surface area contributed by atoms with Gasteiger partial charge in [-0.25, -0.2) is 0 Å². The van der Waals surface area contributed by atoms with Gasteiger partial charge in [0.25, 0.3) is 5.91 Å². The van der Waals surface area contributed by atoms with Crippen molar-refractivity contribution in [2.75, 3.05) is 13.7 Å². The molecule has 1 aromatic carbocycles. The molecule has 1 atom stereocenters. The molecule has 0 aliphatic heterocycles. The molecule has 0 aliphatic rings. The van der Waals surface area contributed by atoms with Crippen molar-refractivity contribution < 1.29 is 9.53 Å². The summed E-state index contributed by atoms with van der Waals surface area (Å²) in [6, 6.07) is 15.4. The average Bonchev–Trinajstić information content (AvgIpc) is 2.72. The molecule has 2 heterocycles. The van der Waals surface area contributed by atoms with Crippen LogP contribution in [0.3, 0.4) is 0 Å². The van der Waals surface area contributed by atoms with Crippen molar-refractivity contribution in [1.82, 2.24) is 15.3 Å². The molecule has 0 fully saturated rings. The number of hydrogen-bond acceptors (Lipinski definition) is 4. The number of nitrogens with zero attached hydrogens (tertiary/aromatic N) is 2. The van der Waals surface area contributed by atoms with Gasteiger partial charge in [0, 0.05) is 37.3 Å². The van der Waals surface area contributed by atoms with Crippen LogP contribution in [0, 0.1) is 0 Å². The number of amides is 1. The first-order valence-corrected chi connectivity index (χ1v) is 8.47. The second kappa shape index (κ2) is 8.76. The van der Waals surface area contributed by atoms with Crippen LogP contribution >= 0.6 is 0 Å². The van der Waals surface area contributed by atoms with Crippen molar-refractivity contribution in [3.8, 4) is 5.75 Å². The molecule has 5 nitrogen and oxygen atoms in total. The van der Waals surface area contributed by atoms with E-state index in [1.807, 2.05) is 42.6 Å². The topological polar surface area (TPSA) is 64.1 Å². The number of benzene rings is 1. The zero-order valence-corrected chi connectivity index (χ0v) is 14.6. The Hall–Kier alpha value is -3.21. The SMILES string of the molecule is COc1ccc(C(CNC(=O)c2cccnc2)Cc2cccnc2)cc1. The van der Waals surface area contributed by atoms with E-state index in [0.717, 1.165) is 23.3 Å². The molecule has 0 spiro atoms. The third-order valence-electron chi connectivity index (χ3n) is 4.22. The summed E-state index contributed by atoms with van der Waals surface area (Å²) < 4.78 is 5.24. The molecule has 5 heteroatoms. The molecular weight excluding hydrogens is 326 g/mol. The van der Waals surface area contributed by atoms with Crippen molar-refractivity contribution in [1.29, 1.82) is 0 Å². The number of nitrogens with one attached hydrogen (secondary N) is 1. The Kier molecular flexibility index (Phi) is 5.93. The van der Waals surface area contributed by atoms with E-state index in [1.54, 1.807) is 37.8 Å². The maximum atomic E-state index is 12.3. The highest BCUT2D eigenvalue weighted by Gasteiger charge is 2.15. The monoisotopic (exact) mass is 347 g/mol. The lowest BCUT2D eigenvalue weighted by Gasteiger charge is -2.19. The van der Waals surface area contributed by atoms with Crippen molar-refractivity contribution in [2.45, 2.75) is 12.3 Å². The second-order valence-electron chi connectivity index (χ2n) is 5.99. The van der Waals surface area contributed by atoms with E-state index >= 15 is 0 Å². The van der Waals surface area contributed by atoms with Gasteiger partial charge in [0.15, 0.2) is 0 Å². The summed E-state index contributed by atoms with van der Waals surface area (Å²) in [7, 11) is 1.65. The molecule has 1 N–H and O–H groups in total. The summed E-state index contributed by atoms with van der Waals surface area (Å²) in [6.45, 7) is 0.523. The Balaban J connectivity index is 1.74. The van der Waals surface area contributed by atoms with Crippen LogP contribution in [0.25, 0.3) is 0 Å². The van der Waals surface area contributed by atoms with Crippen LogP contribution in [0.4, 0.5) is 0 Å². The quantitative estimate of drug-likeness (QED) is 0.713. The van der Waals surface area contributed by atoms with E-state index in [1.165, 1.54) is 0 Å². The molecule has 0 saturated heterocycles. The van der Waals surface area contributed by atoms with Crippen LogP contribution < -0.4 is 10.1 Å². The highest BCUT2D eigenvalue weighted by molar-refractivity contribution is 5.93. The minimum Gasteiger partial charge on any atom is -0.497 e. The standard InChI is InChI=1S/C21H21N3O2/c1-26-20-8-6-17(7-9-20)19(12-16-4-2-10-22-13-16)15-24-21(25)18-5-3-11-23-14-18/h2-11,13-14,19H,12,15H2,1H3,(H,24,25). The lowest BCUT2D eigenvalue weighted by Crippen LogP contribution is -2.29. The highest BCUT2D eigenvalue weighted by atomic mass is 16.5. The van der Waals surface area contributed by atoms with E-state index in [4.69, 9.17) is 4.74 Å². The summed E-state index contributed by atoms with van der Waals surface area (Å²) in [5.41, 5.74) is 2.83. The number of methoxy groups -OCH3 is 1. The number of rotatable bonds is 7. The van der Waals surface area contributed by atoms with Crippen LogP contribution in [-0.4, -0.2) is 29.5 Å². The second-order valence-corrected chi connectivity index (χ2v) is 5.99. The molecule has 132 valence electrons. The lowest BCUT2D eigenvalue weighted by molar-refractivity contribution is 0.0950. The Labute approximate surface area is 153 Å². The van der Waals surface area contributed by atoms with Crippen LogP contribution in [0.5, 0.6) is 5.75 Å². The number of carbonyl (C=O) groups is 1. The normalized spacial score (nSPS) is 11.6. The lowest BCUT2D eigenvalue weighted by atomic mass is 9.92. The van der Waals surface area contributed by atoms with E-state index in [2.05, 4.69) is 15.3 Å². The fourth-order valence-electron chi connectivity index (χ4n) is 2.80. The number of hydrogen-bond donors (Lipinski definition) is 1. The van der Waals surface area contributed by atoms with Crippen molar-refractivity contribution >= 4 is 5.91 Å². The maximum Gasteiger partial charge on any atom is 0.252 e. The summed E-state index contributed by atoms with van der Waals surface area (Å²) in [6.07, 6.45) is 7.63. The number of pyridine rings is 2. The Bertz CT molecular complexity index is 821. The minimum atomic E-state index is -0.122. The van der Waals surface area contributed by atoms with Gasteiger partial charge in [-0.2, -0.15) is 0 Å². The molecule has 2 aromatic heterocycles. The van der Waals surface area contributed by atoms with Crippen LogP contribution in [0.15, 0.2) is 73.3 Å². The van der Waals surface area contributed by atoms with Crippen molar-refractivity contribution in [3.63, 3.8) is 0 Å². The number of ether oxygens (including phenoxy) is 1. The zero-order chi connectivity index (χ0) is 18.2. The van der Waals surface area contributed by atoms with Crippen LogP contribution in [0.1, 0.15) is 27.4 Å². The molecule has 26 heavy (non-hydrogen) atoms. The van der Waals surface area contributed by atoms with Gasteiger partial charge in [0.2, 0.25) is 0 Å². The number of aromatic nitrogens is 2. The first kappa shape index (κ1) is 17.6. The summed E-state index contributed by atoms with van der Waals surface area (Å²) in [5, 5.41) is 3.02. The third kappa shape index (κ3) is 4.66. The minimum absolute atomic E-state index is 0.122. The molecule has 0 aliphatic carbocycles. The Morgan fingerprint density at radius 3 is 2.38 bits per heavy atom. The molecule has 0 bridgehead atoms. The van der Waals surface area contributed by atoms with Crippen LogP contribution in [0.2, 0.25) is 0 Å². The molecule has 0 saturated carbocycles. The smallest absolute Gasteiger partial charge is 0.252 e. The molecular formula is C21H21N3O2. The van der Waals surface area contributed by atoms with E-state index < -0.39 is 0 Å². The molecule has 1 amide bonds. The summed E-state index contributed by atoms with van der Waals surface area (Å²) in [5.74, 6) is 0.821. The predicted molar refractivity (Wildman–Crippen MR) is 100 cm³/mol. The van der Waals surface area contributed by atoms with Gasteiger partial charge in [-0.1, -0.05) is 18.2 Å². The zero-order valence-electron chi connectivity index (χ0n) is 14.6. The molecule has 1 unspecified atom stereocenters. The Morgan fingerprint density at radius 2 is 1.77 bits per heavy atom. The van der Waals surface area contributed by atoms with E-state index in [9.17, 15) is 4.79 Å². The van der Waals surface area contributed by atoms with Gasteiger partial charge in [-0.05, 0) is 47.9 Å². The molecule has 3 aromatic rings. The maximum absolute atomic E-state index is 12.3. The predicted octanol–water partition coefficient (Wildman–Crippen LogP) is 3.24. The van der Waals surface area contributed by atoms with Crippen molar-refractivity contribution in [2.24, 2.45) is 0 Å². The van der Waals surface area contributed by atoms with E-state index in [-0.39, 0.29) is 11.8 Å². The van der Waals surface area contributed by atoms with Crippen molar-refractivity contribution in [3.05, 3.63) is 90.0 Å². The van der Waals surface area contributed by atoms with E-state index in [0.29, 0.717) is 12.1 Å². The van der Waals surface area contributed by atoms with Gasteiger partial charge in [-0.15, -0.1) is 0 Å². The molecule has 3 rings (SSSR count). The van der Waals surface area contributed by atoms with Crippen LogP contribution in [-0.2, 0) is 6.42 Å². The fraction of sp³-hybridized carbons (Fsp3) is 0.190. The van der Waals surface area contributed by atoms with Gasteiger partial charge < -0.3 is 10.1 Å². The number of carbonyl (C=O) groups excluding carboxylic acids is 1. The summed E-state index contributed by atoms with van der Waals surface area (Å²) >= 11 is 0. The van der Waals surface area contributed by atoms with Gasteiger partial charge in [0.1, 0.15) is 5.75 Å². The third-order valence-corrected chi connectivity index (χ3v) is 4.22. The van der Waals surface area contributed by atoms with Gasteiger partial charge in [-0.3, -0.25) is 14.8 Å². The first-order chi connectivity index (χ1) is 12.8. The largest absolute Gasteiger partial charge is 0.497 e. The Morgan fingerprint density at radius 1 is 1.04 bits per heavy atom. The van der Waals surface area contributed by atoms with Gasteiger partial charge in [0.05, 0.1) is 12.7 Å². The van der Waals surface area contributed by atoms with Gasteiger partial charge >= 0.3 is 0 Å².